The first-order chi connectivity index (χ1) is 8.40. The lowest BCUT2D eigenvalue weighted by Crippen LogP contribution is -2.14. The van der Waals surface area contributed by atoms with Crippen LogP contribution in [0.4, 0.5) is 5.82 Å². The monoisotopic (exact) mass is 287 g/mol. The number of halogens is 1. The van der Waals surface area contributed by atoms with E-state index in [2.05, 4.69) is 19.7 Å². The largest absolute Gasteiger partial charge is 0.264 e. The SMILES string of the molecule is Cc1ccc(Cl)c(S(=O)(=O)Nc2nonc2C)c1. The summed E-state index contributed by atoms with van der Waals surface area (Å²) in [4.78, 5) is -0.00781. The lowest BCUT2D eigenvalue weighted by Gasteiger charge is -2.07. The molecule has 1 N–H and O–H groups in total. The minimum atomic E-state index is -3.80. The number of aryl methyl sites for hydroxylation is 2. The maximum Gasteiger partial charge on any atom is 0.264 e. The quantitative estimate of drug-likeness (QED) is 0.935. The molecule has 2 rings (SSSR count). The van der Waals surface area contributed by atoms with Crippen LogP contribution in [-0.4, -0.2) is 18.7 Å². The predicted octanol–water partition coefficient (Wildman–Crippen LogP) is 2.14. The topological polar surface area (TPSA) is 85.1 Å². The molecule has 0 radical (unpaired) electrons. The van der Waals surface area contributed by atoms with E-state index in [1.54, 1.807) is 19.9 Å². The van der Waals surface area contributed by atoms with Gasteiger partial charge >= 0.3 is 0 Å². The fraction of sp³-hybridized carbons (Fsp3) is 0.200. The zero-order chi connectivity index (χ0) is 13.3. The summed E-state index contributed by atoms with van der Waals surface area (Å²) >= 11 is 5.88. The average molecular weight is 288 g/mol. The molecule has 0 amide bonds. The Hall–Kier alpha value is -1.60. The second-order valence-corrected chi connectivity index (χ2v) is 5.80. The molecule has 1 aromatic heterocycles. The Morgan fingerprint density at radius 3 is 2.61 bits per heavy atom. The third kappa shape index (κ3) is 2.46. The van der Waals surface area contributed by atoms with E-state index in [-0.39, 0.29) is 15.7 Å². The summed E-state index contributed by atoms with van der Waals surface area (Å²) in [6.45, 7) is 3.35. The second kappa shape index (κ2) is 4.58. The van der Waals surface area contributed by atoms with Gasteiger partial charge in [0, 0.05) is 0 Å². The molecule has 0 aliphatic rings. The van der Waals surface area contributed by atoms with Crippen molar-refractivity contribution in [3.8, 4) is 0 Å². The Kier molecular flexibility index (Phi) is 3.27. The van der Waals surface area contributed by atoms with Gasteiger partial charge in [0.05, 0.1) is 5.02 Å². The van der Waals surface area contributed by atoms with Crippen molar-refractivity contribution in [1.82, 2.24) is 10.3 Å². The van der Waals surface area contributed by atoms with Crippen LogP contribution in [0.1, 0.15) is 11.3 Å². The average Bonchev–Trinajstić information content (AvgIpc) is 2.67. The van der Waals surface area contributed by atoms with Crippen LogP contribution < -0.4 is 4.72 Å². The number of hydrogen-bond acceptors (Lipinski definition) is 5. The first-order valence-electron chi connectivity index (χ1n) is 4.98. The molecule has 0 saturated heterocycles. The molecule has 6 nitrogen and oxygen atoms in total. The van der Waals surface area contributed by atoms with Gasteiger partial charge in [-0.3, -0.25) is 4.72 Å². The van der Waals surface area contributed by atoms with Crippen LogP contribution in [0.2, 0.25) is 5.02 Å². The highest BCUT2D eigenvalue weighted by molar-refractivity contribution is 7.92. The van der Waals surface area contributed by atoms with Crippen molar-refractivity contribution in [2.45, 2.75) is 18.7 Å². The number of rotatable bonds is 3. The maximum atomic E-state index is 12.1. The highest BCUT2D eigenvalue weighted by Gasteiger charge is 2.21. The van der Waals surface area contributed by atoms with E-state index in [0.29, 0.717) is 5.69 Å². The molecule has 0 aliphatic heterocycles. The second-order valence-electron chi connectivity index (χ2n) is 3.74. The number of nitrogens with zero attached hydrogens (tertiary/aromatic N) is 2. The van der Waals surface area contributed by atoms with Crippen LogP contribution >= 0.6 is 11.6 Å². The van der Waals surface area contributed by atoms with Gasteiger partial charge < -0.3 is 0 Å². The summed E-state index contributed by atoms with van der Waals surface area (Å²) in [5.41, 5.74) is 1.14. The van der Waals surface area contributed by atoms with Crippen molar-refractivity contribution in [2.75, 3.05) is 4.72 Å². The zero-order valence-corrected chi connectivity index (χ0v) is 11.2. The highest BCUT2D eigenvalue weighted by atomic mass is 35.5. The Bertz CT molecular complexity index is 681. The van der Waals surface area contributed by atoms with Crippen LogP contribution in [-0.2, 0) is 10.0 Å². The van der Waals surface area contributed by atoms with E-state index in [1.165, 1.54) is 12.1 Å². The Balaban J connectivity index is 2.43. The van der Waals surface area contributed by atoms with Crippen molar-refractivity contribution >= 4 is 27.4 Å². The normalized spacial score (nSPS) is 11.5. The van der Waals surface area contributed by atoms with Crippen molar-refractivity contribution < 1.29 is 13.0 Å². The molecule has 1 heterocycles. The lowest BCUT2D eigenvalue weighted by atomic mass is 10.2. The van der Waals surface area contributed by atoms with Gasteiger partial charge in [-0.25, -0.2) is 13.0 Å². The number of nitrogens with one attached hydrogen (secondary N) is 1. The minimum absolute atomic E-state index is 0.00781. The molecular formula is C10H10ClN3O3S. The third-order valence-electron chi connectivity index (χ3n) is 2.26. The Morgan fingerprint density at radius 2 is 2.00 bits per heavy atom. The summed E-state index contributed by atoms with van der Waals surface area (Å²) < 4.78 is 30.9. The summed E-state index contributed by atoms with van der Waals surface area (Å²) in [5, 5.41) is 7.09. The standard InChI is InChI=1S/C10H10ClN3O3S/c1-6-3-4-8(11)9(5-6)18(15,16)14-10-7(2)12-17-13-10/h3-5H,1-2H3,(H,13,14). The van der Waals surface area contributed by atoms with E-state index in [1.807, 2.05) is 0 Å². The lowest BCUT2D eigenvalue weighted by molar-refractivity contribution is 0.306. The summed E-state index contributed by atoms with van der Waals surface area (Å²) in [6.07, 6.45) is 0. The molecule has 18 heavy (non-hydrogen) atoms. The molecule has 2 aromatic rings. The van der Waals surface area contributed by atoms with Gasteiger partial charge in [-0.1, -0.05) is 22.8 Å². The van der Waals surface area contributed by atoms with E-state index in [4.69, 9.17) is 11.6 Å². The van der Waals surface area contributed by atoms with Crippen molar-refractivity contribution in [2.24, 2.45) is 0 Å². The molecule has 0 saturated carbocycles. The molecule has 0 unspecified atom stereocenters. The molecular weight excluding hydrogens is 278 g/mol. The van der Waals surface area contributed by atoms with Crippen LogP contribution in [0.5, 0.6) is 0 Å². The fourth-order valence-corrected chi connectivity index (χ4v) is 2.96. The third-order valence-corrected chi connectivity index (χ3v) is 4.08. The molecule has 0 atom stereocenters. The minimum Gasteiger partial charge on any atom is -0.259 e. The van der Waals surface area contributed by atoms with Gasteiger partial charge in [0.25, 0.3) is 10.0 Å². The van der Waals surface area contributed by atoms with Gasteiger partial charge in [0.15, 0.2) is 0 Å². The summed E-state index contributed by atoms with van der Waals surface area (Å²) in [5.74, 6) is 0.0487. The molecule has 0 bridgehead atoms. The highest BCUT2D eigenvalue weighted by Crippen LogP contribution is 2.24. The van der Waals surface area contributed by atoms with Crippen molar-refractivity contribution in [3.63, 3.8) is 0 Å². The number of hydrogen-bond donors (Lipinski definition) is 1. The molecule has 1 aromatic carbocycles. The van der Waals surface area contributed by atoms with E-state index in [9.17, 15) is 8.42 Å². The first kappa shape index (κ1) is 12.8. The maximum absolute atomic E-state index is 12.1. The summed E-state index contributed by atoms with van der Waals surface area (Å²) in [6, 6.07) is 4.73. The zero-order valence-electron chi connectivity index (χ0n) is 9.64. The van der Waals surface area contributed by atoms with Gasteiger partial charge in [0.2, 0.25) is 5.82 Å². The predicted molar refractivity (Wildman–Crippen MR) is 66.0 cm³/mol. The fourth-order valence-electron chi connectivity index (χ4n) is 1.32. The smallest absolute Gasteiger partial charge is 0.259 e. The number of sulfonamides is 1. The van der Waals surface area contributed by atoms with Crippen LogP contribution in [0.25, 0.3) is 0 Å². The number of aromatic nitrogens is 2. The molecule has 8 heteroatoms. The van der Waals surface area contributed by atoms with Gasteiger partial charge in [-0.05, 0) is 36.7 Å². The first-order valence-corrected chi connectivity index (χ1v) is 6.84. The van der Waals surface area contributed by atoms with Crippen LogP contribution in [0.15, 0.2) is 27.7 Å². The van der Waals surface area contributed by atoms with Crippen LogP contribution in [0, 0.1) is 13.8 Å². The van der Waals surface area contributed by atoms with E-state index >= 15 is 0 Å². The molecule has 0 fully saturated rings. The van der Waals surface area contributed by atoms with E-state index < -0.39 is 10.0 Å². The van der Waals surface area contributed by atoms with Gasteiger partial charge in [-0.2, -0.15) is 0 Å². The van der Waals surface area contributed by atoms with Crippen molar-refractivity contribution in [1.29, 1.82) is 0 Å². The Morgan fingerprint density at radius 1 is 1.28 bits per heavy atom. The van der Waals surface area contributed by atoms with Gasteiger partial charge in [-0.15, -0.1) is 0 Å². The van der Waals surface area contributed by atoms with Crippen molar-refractivity contribution in [3.05, 3.63) is 34.5 Å². The van der Waals surface area contributed by atoms with Crippen LogP contribution in [0.3, 0.4) is 0 Å². The Labute approximate surface area is 109 Å². The molecule has 0 spiro atoms. The number of benzene rings is 1. The molecule has 0 aliphatic carbocycles. The molecule has 96 valence electrons. The van der Waals surface area contributed by atoms with Gasteiger partial charge in [0.1, 0.15) is 10.6 Å². The number of anilines is 1. The summed E-state index contributed by atoms with van der Waals surface area (Å²) in [7, 11) is -3.80. The van der Waals surface area contributed by atoms with E-state index in [0.717, 1.165) is 5.56 Å².